The van der Waals surface area contributed by atoms with Crippen molar-refractivity contribution in [2.24, 2.45) is 0 Å². The summed E-state index contributed by atoms with van der Waals surface area (Å²) in [7, 11) is 1.28. The van der Waals surface area contributed by atoms with Crippen LogP contribution in [-0.2, 0) is 9.53 Å². The van der Waals surface area contributed by atoms with E-state index in [2.05, 4.69) is 20.4 Å². The zero-order chi connectivity index (χ0) is 14.4. The molecule has 1 aromatic heterocycles. The number of halogens is 1. The molecular formula is C11H16ClN3O3S. The summed E-state index contributed by atoms with van der Waals surface area (Å²) in [5.74, 6) is -0.563. The average Bonchev–Trinajstić information content (AvgIpc) is 2.68. The minimum Gasteiger partial charge on any atom is -0.465 e. The second kappa shape index (κ2) is 7.30. The second-order valence-corrected chi connectivity index (χ2v) is 5.39. The first-order valence-electron chi connectivity index (χ1n) is 5.72. The number of carbonyl (C=O) groups is 2. The number of methoxy groups -OCH3 is 1. The van der Waals surface area contributed by atoms with Gasteiger partial charge in [-0.15, -0.1) is 0 Å². The van der Waals surface area contributed by atoms with Gasteiger partial charge in [0.25, 0.3) is 0 Å². The molecule has 6 nitrogen and oxygen atoms in total. The molecule has 106 valence electrons. The van der Waals surface area contributed by atoms with Gasteiger partial charge in [0.15, 0.2) is 15.2 Å². The van der Waals surface area contributed by atoms with Gasteiger partial charge in [0, 0.05) is 19.0 Å². The Hall–Kier alpha value is -1.34. The molecule has 1 heterocycles. The highest BCUT2D eigenvalue weighted by molar-refractivity contribution is 7.18. The van der Waals surface area contributed by atoms with Gasteiger partial charge in [-0.3, -0.25) is 4.79 Å². The molecule has 0 saturated heterocycles. The lowest BCUT2D eigenvalue weighted by molar-refractivity contribution is -0.121. The number of hydrogen-bond donors (Lipinski definition) is 2. The molecule has 0 spiro atoms. The molecule has 0 saturated carbocycles. The third-order valence-electron chi connectivity index (χ3n) is 2.03. The fourth-order valence-corrected chi connectivity index (χ4v) is 2.40. The van der Waals surface area contributed by atoms with E-state index >= 15 is 0 Å². The Kier molecular flexibility index (Phi) is 6.04. The molecule has 0 aromatic carbocycles. The normalized spacial score (nSPS) is 10.4. The summed E-state index contributed by atoms with van der Waals surface area (Å²) in [5.41, 5.74) is 0. The SMILES string of the molecule is COC(=O)c1sc(NCCC(=O)NC(C)C)nc1Cl. The number of ether oxygens (including phenoxy) is 1. The van der Waals surface area contributed by atoms with Crippen LogP contribution in [0.4, 0.5) is 5.13 Å². The highest BCUT2D eigenvalue weighted by atomic mass is 35.5. The highest BCUT2D eigenvalue weighted by Gasteiger charge is 2.17. The fourth-order valence-electron chi connectivity index (χ4n) is 1.27. The molecule has 8 heteroatoms. The molecule has 0 bridgehead atoms. The van der Waals surface area contributed by atoms with Crippen LogP contribution in [0.5, 0.6) is 0 Å². The van der Waals surface area contributed by atoms with Crippen LogP contribution < -0.4 is 10.6 Å². The third-order valence-corrected chi connectivity index (χ3v) is 3.41. The second-order valence-electron chi connectivity index (χ2n) is 4.03. The van der Waals surface area contributed by atoms with Crippen molar-refractivity contribution in [2.45, 2.75) is 26.3 Å². The van der Waals surface area contributed by atoms with E-state index in [-0.39, 0.29) is 22.0 Å². The summed E-state index contributed by atoms with van der Waals surface area (Å²) in [5, 5.41) is 6.31. The van der Waals surface area contributed by atoms with Gasteiger partial charge in [0.05, 0.1) is 7.11 Å². The number of hydrogen-bond acceptors (Lipinski definition) is 6. The Morgan fingerprint density at radius 1 is 1.47 bits per heavy atom. The number of nitrogens with zero attached hydrogens (tertiary/aromatic N) is 1. The van der Waals surface area contributed by atoms with Crippen LogP contribution in [0.1, 0.15) is 29.9 Å². The van der Waals surface area contributed by atoms with Crippen LogP contribution in [0, 0.1) is 0 Å². The summed E-state index contributed by atoms with van der Waals surface area (Å²) < 4.78 is 4.57. The third kappa shape index (κ3) is 5.04. The Morgan fingerprint density at radius 2 is 2.16 bits per heavy atom. The summed E-state index contributed by atoms with van der Waals surface area (Å²) in [6.45, 7) is 4.21. The van der Waals surface area contributed by atoms with Crippen LogP contribution in [0.3, 0.4) is 0 Å². The molecule has 0 unspecified atom stereocenters. The highest BCUT2D eigenvalue weighted by Crippen LogP contribution is 2.27. The monoisotopic (exact) mass is 305 g/mol. The summed E-state index contributed by atoms with van der Waals surface area (Å²) in [4.78, 5) is 27.0. The van der Waals surface area contributed by atoms with E-state index in [9.17, 15) is 9.59 Å². The maximum atomic E-state index is 11.4. The lowest BCUT2D eigenvalue weighted by atomic mass is 10.3. The molecule has 1 amide bonds. The van der Waals surface area contributed by atoms with Crippen molar-refractivity contribution in [3.63, 3.8) is 0 Å². The van der Waals surface area contributed by atoms with E-state index in [4.69, 9.17) is 11.6 Å². The van der Waals surface area contributed by atoms with Gasteiger partial charge < -0.3 is 15.4 Å². The van der Waals surface area contributed by atoms with Crippen molar-refractivity contribution in [3.05, 3.63) is 10.0 Å². The standard InChI is InChI=1S/C11H16ClN3O3S/c1-6(2)14-7(16)4-5-13-11-15-9(12)8(19-11)10(17)18-3/h6H,4-5H2,1-3H3,(H,13,15)(H,14,16). The van der Waals surface area contributed by atoms with Gasteiger partial charge in [0.2, 0.25) is 5.91 Å². The quantitative estimate of drug-likeness (QED) is 0.785. The van der Waals surface area contributed by atoms with Crippen molar-refractivity contribution in [3.8, 4) is 0 Å². The van der Waals surface area contributed by atoms with Crippen molar-refractivity contribution >= 4 is 39.9 Å². The lowest BCUT2D eigenvalue weighted by Gasteiger charge is -2.08. The van der Waals surface area contributed by atoms with Gasteiger partial charge >= 0.3 is 5.97 Å². The summed E-state index contributed by atoms with van der Waals surface area (Å²) in [6.07, 6.45) is 0.322. The molecule has 0 aliphatic carbocycles. The van der Waals surface area contributed by atoms with E-state index in [1.54, 1.807) is 0 Å². The van der Waals surface area contributed by atoms with Gasteiger partial charge in [-0.2, -0.15) is 0 Å². The molecule has 2 N–H and O–H groups in total. The van der Waals surface area contributed by atoms with Crippen molar-refractivity contribution in [1.29, 1.82) is 0 Å². The number of thiazole rings is 1. The average molecular weight is 306 g/mol. The maximum Gasteiger partial charge on any atom is 0.351 e. The number of rotatable bonds is 6. The van der Waals surface area contributed by atoms with E-state index in [0.717, 1.165) is 11.3 Å². The molecule has 1 aromatic rings. The molecule has 19 heavy (non-hydrogen) atoms. The topological polar surface area (TPSA) is 80.3 Å². The summed E-state index contributed by atoms with van der Waals surface area (Å²) >= 11 is 6.91. The number of aromatic nitrogens is 1. The van der Waals surface area contributed by atoms with Crippen LogP contribution in [-0.4, -0.2) is 36.6 Å². The first kappa shape index (κ1) is 15.7. The van der Waals surface area contributed by atoms with Crippen LogP contribution in [0.15, 0.2) is 0 Å². The van der Waals surface area contributed by atoms with Gasteiger partial charge in [-0.1, -0.05) is 22.9 Å². The molecule has 0 fully saturated rings. The Bertz CT molecular complexity index is 462. The number of nitrogens with one attached hydrogen (secondary N) is 2. The minimum absolute atomic E-state index is 0.0432. The number of anilines is 1. The van der Waals surface area contributed by atoms with Gasteiger partial charge in [-0.05, 0) is 13.8 Å². The first-order valence-corrected chi connectivity index (χ1v) is 6.91. The predicted molar refractivity (Wildman–Crippen MR) is 74.8 cm³/mol. The summed E-state index contributed by atoms with van der Waals surface area (Å²) in [6, 6.07) is 0.118. The van der Waals surface area contributed by atoms with Crippen LogP contribution >= 0.6 is 22.9 Å². The lowest BCUT2D eigenvalue weighted by Crippen LogP contribution is -2.31. The zero-order valence-corrected chi connectivity index (χ0v) is 12.5. The fraction of sp³-hybridized carbons (Fsp3) is 0.545. The number of esters is 1. The molecule has 0 aliphatic heterocycles. The van der Waals surface area contributed by atoms with E-state index in [1.807, 2.05) is 13.8 Å². The zero-order valence-electron chi connectivity index (χ0n) is 10.9. The molecule has 1 rings (SSSR count). The predicted octanol–water partition coefficient (Wildman–Crippen LogP) is 1.91. The number of amides is 1. The number of carbonyl (C=O) groups excluding carboxylic acids is 2. The van der Waals surface area contributed by atoms with Crippen molar-refractivity contribution in [2.75, 3.05) is 19.0 Å². The van der Waals surface area contributed by atoms with Gasteiger partial charge in [0.1, 0.15) is 0 Å². The van der Waals surface area contributed by atoms with Crippen molar-refractivity contribution in [1.82, 2.24) is 10.3 Å². The molecule has 0 radical (unpaired) electrons. The maximum absolute atomic E-state index is 11.4. The van der Waals surface area contributed by atoms with Crippen molar-refractivity contribution < 1.29 is 14.3 Å². The minimum atomic E-state index is -0.520. The van der Waals surface area contributed by atoms with E-state index in [0.29, 0.717) is 18.1 Å². The smallest absolute Gasteiger partial charge is 0.351 e. The Balaban J connectivity index is 2.46. The van der Waals surface area contributed by atoms with Crippen LogP contribution in [0.25, 0.3) is 0 Å². The van der Waals surface area contributed by atoms with Crippen LogP contribution in [0.2, 0.25) is 5.15 Å². The molecule has 0 atom stereocenters. The molecule has 0 aliphatic rings. The molecular weight excluding hydrogens is 290 g/mol. The van der Waals surface area contributed by atoms with Gasteiger partial charge in [-0.25, -0.2) is 9.78 Å². The Morgan fingerprint density at radius 3 is 2.74 bits per heavy atom. The largest absolute Gasteiger partial charge is 0.465 e. The first-order chi connectivity index (χ1) is 8.93. The Labute approximate surface area is 120 Å². The van der Waals surface area contributed by atoms with E-state index < -0.39 is 5.97 Å². The van der Waals surface area contributed by atoms with E-state index in [1.165, 1.54) is 7.11 Å².